The van der Waals surface area contributed by atoms with Crippen LogP contribution in [0.2, 0.25) is 10.2 Å². The van der Waals surface area contributed by atoms with Gasteiger partial charge in [0, 0.05) is 6.54 Å². The Labute approximate surface area is 142 Å². The van der Waals surface area contributed by atoms with Gasteiger partial charge in [0.1, 0.15) is 11.0 Å². The molecule has 0 bridgehead atoms. The highest BCUT2D eigenvalue weighted by Gasteiger charge is 2.35. The monoisotopic (exact) mass is 388 g/mol. The van der Waals surface area contributed by atoms with Crippen LogP contribution in [0.5, 0.6) is 0 Å². The first-order valence-corrected chi connectivity index (χ1v) is 7.07. The molecule has 0 amide bonds. The average Bonchev–Trinajstić information content (AvgIpc) is 2.46. The summed E-state index contributed by atoms with van der Waals surface area (Å²) >= 11 is 11.2. The number of anilines is 1. The fourth-order valence-electron chi connectivity index (χ4n) is 1.79. The predicted molar refractivity (Wildman–Crippen MR) is 78.0 cm³/mol. The second-order valence-electron chi connectivity index (χ2n) is 4.70. The summed E-state index contributed by atoms with van der Waals surface area (Å²) < 4.78 is 75.3. The Balaban J connectivity index is 2.14. The van der Waals surface area contributed by atoms with Gasteiger partial charge in [0.25, 0.3) is 0 Å². The van der Waals surface area contributed by atoms with E-state index < -0.39 is 28.6 Å². The molecule has 0 saturated heterocycles. The first-order chi connectivity index (χ1) is 11.0. The van der Waals surface area contributed by atoms with Gasteiger partial charge < -0.3 is 5.32 Å². The Morgan fingerprint density at radius 3 is 2.00 bits per heavy atom. The molecule has 2 nitrogen and oxygen atoms in total. The van der Waals surface area contributed by atoms with Crippen LogP contribution in [-0.4, -0.2) is 4.98 Å². The number of alkyl halides is 6. The summed E-state index contributed by atoms with van der Waals surface area (Å²) in [5.41, 5.74) is -1.52. The van der Waals surface area contributed by atoms with Crippen molar-refractivity contribution in [3.63, 3.8) is 0 Å². The minimum absolute atomic E-state index is 0.00650. The van der Waals surface area contributed by atoms with Crippen molar-refractivity contribution in [2.24, 2.45) is 0 Å². The molecule has 24 heavy (non-hydrogen) atoms. The summed E-state index contributed by atoms with van der Waals surface area (Å²) in [6, 6.07) is 4.88. The van der Waals surface area contributed by atoms with Crippen LogP contribution in [0.1, 0.15) is 16.7 Å². The molecular formula is C14H8Cl2F6N2. The highest BCUT2D eigenvalue weighted by atomic mass is 35.5. The molecule has 10 heteroatoms. The molecule has 0 radical (unpaired) electrons. The number of hydrogen-bond acceptors (Lipinski definition) is 2. The van der Waals surface area contributed by atoms with E-state index in [0.717, 1.165) is 12.1 Å². The molecule has 0 aliphatic carbocycles. The molecule has 130 valence electrons. The quantitative estimate of drug-likeness (QED) is 0.512. The lowest BCUT2D eigenvalue weighted by Gasteiger charge is -2.13. The van der Waals surface area contributed by atoms with E-state index in [-0.39, 0.29) is 17.4 Å². The smallest absolute Gasteiger partial charge is 0.365 e. The van der Waals surface area contributed by atoms with Crippen LogP contribution >= 0.6 is 23.2 Å². The van der Waals surface area contributed by atoms with Crippen molar-refractivity contribution in [3.05, 3.63) is 57.2 Å². The van der Waals surface area contributed by atoms with E-state index in [1.807, 2.05) is 0 Å². The Kier molecular flexibility index (Phi) is 5.19. The van der Waals surface area contributed by atoms with Gasteiger partial charge in [-0.3, -0.25) is 0 Å². The number of hydrogen-bond donors (Lipinski definition) is 1. The normalized spacial score (nSPS) is 12.3. The highest BCUT2D eigenvalue weighted by Crippen LogP contribution is 2.37. The Morgan fingerprint density at radius 2 is 1.50 bits per heavy atom. The second kappa shape index (κ2) is 6.68. The molecule has 2 aromatic rings. The van der Waals surface area contributed by atoms with E-state index in [4.69, 9.17) is 23.2 Å². The molecule has 0 aliphatic rings. The van der Waals surface area contributed by atoms with Gasteiger partial charge in [0.05, 0.1) is 16.1 Å². The van der Waals surface area contributed by atoms with Gasteiger partial charge in [-0.25, -0.2) is 4.98 Å². The SMILES string of the molecule is FC(F)(F)c1ccc(CNc2nc(Cl)c(C(F)(F)F)cc2Cl)cc1. The molecule has 0 saturated carbocycles. The third kappa shape index (κ3) is 4.45. The molecule has 1 N–H and O–H groups in total. The molecule has 1 aromatic heterocycles. The largest absolute Gasteiger partial charge is 0.419 e. The van der Waals surface area contributed by atoms with Gasteiger partial charge in [-0.2, -0.15) is 26.3 Å². The maximum atomic E-state index is 12.6. The molecule has 1 heterocycles. The van der Waals surface area contributed by atoms with Gasteiger partial charge >= 0.3 is 12.4 Å². The predicted octanol–water partition coefficient (Wildman–Crippen LogP) is 6.04. The average molecular weight is 389 g/mol. The zero-order valence-electron chi connectivity index (χ0n) is 11.6. The number of aromatic nitrogens is 1. The number of halogens is 8. The van der Waals surface area contributed by atoms with E-state index in [2.05, 4.69) is 10.3 Å². The van der Waals surface area contributed by atoms with E-state index in [9.17, 15) is 26.3 Å². The zero-order chi connectivity index (χ0) is 18.1. The van der Waals surface area contributed by atoms with Crippen LogP contribution in [0.4, 0.5) is 32.2 Å². The lowest BCUT2D eigenvalue weighted by molar-refractivity contribution is -0.138. The minimum Gasteiger partial charge on any atom is -0.365 e. The number of nitrogens with one attached hydrogen (secondary N) is 1. The highest BCUT2D eigenvalue weighted by molar-refractivity contribution is 6.34. The number of pyridine rings is 1. The van der Waals surface area contributed by atoms with Crippen molar-refractivity contribution >= 4 is 29.0 Å². The topological polar surface area (TPSA) is 24.9 Å². The summed E-state index contributed by atoms with van der Waals surface area (Å²) in [5, 5.41) is 1.55. The molecule has 0 unspecified atom stereocenters. The molecule has 0 fully saturated rings. The number of nitrogens with zero attached hydrogens (tertiary/aromatic N) is 1. The maximum Gasteiger partial charge on any atom is 0.419 e. The molecular weight excluding hydrogens is 381 g/mol. The Bertz CT molecular complexity index is 726. The molecule has 0 spiro atoms. The van der Waals surface area contributed by atoms with Gasteiger partial charge in [0.2, 0.25) is 0 Å². The summed E-state index contributed by atoms with van der Waals surface area (Å²) in [7, 11) is 0. The van der Waals surface area contributed by atoms with Crippen molar-refractivity contribution in [1.29, 1.82) is 0 Å². The number of rotatable bonds is 3. The lowest BCUT2D eigenvalue weighted by Crippen LogP contribution is -2.10. The maximum absolute atomic E-state index is 12.6. The Morgan fingerprint density at radius 1 is 0.917 bits per heavy atom. The zero-order valence-corrected chi connectivity index (χ0v) is 13.1. The van der Waals surface area contributed by atoms with Crippen LogP contribution in [0, 0.1) is 0 Å². The van der Waals surface area contributed by atoms with Gasteiger partial charge in [-0.1, -0.05) is 35.3 Å². The molecule has 2 rings (SSSR count). The van der Waals surface area contributed by atoms with Crippen molar-refractivity contribution in [2.75, 3.05) is 5.32 Å². The first kappa shape index (κ1) is 18.7. The summed E-state index contributed by atoms with van der Waals surface area (Å²) in [6.45, 7) is 0.00650. The Hall–Kier alpha value is -1.67. The van der Waals surface area contributed by atoms with Crippen LogP contribution in [0.3, 0.4) is 0 Å². The summed E-state index contributed by atoms with van der Waals surface area (Å²) in [4.78, 5) is 3.53. The molecule has 1 aromatic carbocycles. The minimum atomic E-state index is -4.69. The second-order valence-corrected chi connectivity index (χ2v) is 5.47. The molecule has 0 aliphatic heterocycles. The third-order valence-electron chi connectivity index (χ3n) is 2.98. The third-order valence-corrected chi connectivity index (χ3v) is 3.55. The van der Waals surface area contributed by atoms with E-state index >= 15 is 0 Å². The van der Waals surface area contributed by atoms with E-state index in [1.54, 1.807) is 0 Å². The van der Waals surface area contributed by atoms with Crippen LogP contribution in [-0.2, 0) is 18.9 Å². The van der Waals surface area contributed by atoms with Crippen molar-refractivity contribution < 1.29 is 26.3 Å². The number of benzene rings is 1. The van der Waals surface area contributed by atoms with Crippen LogP contribution < -0.4 is 5.32 Å². The van der Waals surface area contributed by atoms with Crippen molar-refractivity contribution in [2.45, 2.75) is 18.9 Å². The summed E-state index contributed by atoms with van der Waals surface area (Å²) in [6.07, 6.45) is -9.14. The summed E-state index contributed by atoms with van der Waals surface area (Å²) in [5.74, 6) is -0.102. The van der Waals surface area contributed by atoms with Gasteiger partial charge in [-0.15, -0.1) is 0 Å². The standard InChI is InChI=1S/C14H8Cl2F6N2/c15-10-5-9(14(20,21)22)11(16)24-12(10)23-6-7-1-3-8(4-2-7)13(17,18)19/h1-5H,6H2,(H,23,24). The van der Waals surface area contributed by atoms with Crippen molar-refractivity contribution in [1.82, 2.24) is 4.98 Å². The van der Waals surface area contributed by atoms with E-state index in [1.165, 1.54) is 12.1 Å². The molecule has 0 atom stereocenters. The van der Waals surface area contributed by atoms with Crippen LogP contribution in [0.15, 0.2) is 30.3 Å². The van der Waals surface area contributed by atoms with Gasteiger partial charge in [0.15, 0.2) is 0 Å². The lowest BCUT2D eigenvalue weighted by atomic mass is 10.1. The fraction of sp³-hybridized carbons (Fsp3) is 0.214. The van der Waals surface area contributed by atoms with Gasteiger partial charge in [-0.05, 0) is 23.8 Å². The van der Waals surface area contributed by atoms with Crippen LogP contribution in [0.25, 0.3) is 0 Å². The fourth-order valence-corrected chi connectivity index (χ4v) is 2.25. The first-order valence-electron chi connectivity index (χ1n) is 6.31. The van der Waals surface area contributed by atoms with E-state index in [0.29, 0.717) is 11.6 Å². The van der Waals surface area contributed by atoms with Crippen molar-refractivity contribution in [3.8, 4) is 0 Å².